The molecule has 0 aromatic carbocycles. The summed E-state index contributed by atoms with van der Waals surface area (Å²) in [6.07, 6.45) is 0.346. The van der Waals surface area contributed by atoms with Gasteiger partial charge in [0.05, 0.1) is 12.7 Å². The van der Waals surface area contributed by atoms with Crippen molar-refractivity contribution in [3.05, 3.63) is 10.2 Å². The van der Waals surface area contributed by atoms with Gasteiger partial charge < -0.3 is 14.7 Å². The van der Waals surface area contributed by atoms with Crippen LogP contribution in [0.5, 0.6) is 0 Å². The Bertz CT molecular complexity index is 461. The molecule has 0 saturated carbocycles. The molecule has 1 aliphatic heterocycles. The summed E-state index contributed by atoms with van der Waals surface area (Å²) >= 11 is 3.28. The van der Waals surface area contributed by atoms with Gasteiger partial charge in [0.1, 0.15) is 16.0 Å². The highest BCUT2D eigenvalue weighted by atomic mass is 79.9. The summed E-state index contributed by atoms with van der Waals surface area (Å²) < 4.78 is 7.14. The van der Waals surface area contributed by atoms with E-state index in [0.29, 0.717) is 42.1 Å². The Morgan fingerprint density at radius 3 is 2.94 bits per heavy atom. The molecule has 1 saturated heterocycles. The highest BCUT2D eigenvalue weighted by Gasteiger charge is 2.30. The standard InChI is InChI=1S/C11H16BrN3O3/c1-3-18-11(17)8-9(12)13-14(2)10(8)15-5-4-7(16)6-15/h7,16H,3-6H2,1-2H3/t7-/m1/s1. The van der Waals surface area contributed by atoms with E-state index in [4.69, 9.17) is 4.74 Å². The van der Waals surface area contributed by atoms with Crippen LogP contribution in [0.3, 0.4) is 0 Å². The van der Waals surface area contributed by atoms with E-state index in [2.05, 4.69) is 21.0 Å². The molecule has 100 valence electrons. The number of nitrogens with zero attached hydrogens (tertiary/aromatic N) is 3. The summed E-state index contributed by atoms with van der Waals surface area (Å²) in [5.74, 6) is 0.297. The Morgan fingerprint density at radius 1 is 1.67 bits per heavy atom. The maximum absolute atomic E-state index is 11.9. The molecule has 0 radical (unpaired) electrons. The average Bonchev–Trinajstić information content (AvgIpc) is 2.82. The number of aromatic nitrogens is 2. The zero-order chi connectivity index (χ0) is 13.3. The molecule has 0 bridgehead atoms. The molecule has 6 nitrogen and oxygen atoms in total. The lowest BCUT2D eigenvalue weighted by molar-refractivity contribution is 0.0526. The summed E-state index contributed by atoms with van der Waals surface area (Å²) in [5.41, 5.74) is 0.424. The Kier molecular flexibility index (Phi) is 3.91. The van der Waals surface area contributed by atoms with E-state index < -0.39 is 5.97 Å². The summed E-state index contributed by atoms with van der Waals surface area (Å²) in [6, 6.07) is 0. The molecule has 0 unspecified atom stereocenters. The normalized spacial score (nSPS) is 19.3. The number of carbonyl (C=O) groups is 1. The van der Waals surface area contributed by atoms with E-state index in [1.807, 2.05) is 4.90 Å². The van der Waals surface area contributed by atoms with Gasteiger partial charge in [0, 0.05) is 20.1 Å². The fourth-order valence-electron chi connectivity index (χ4n) is 2.16. The third-order valence-electron chi connectivity index (χ3n) is 2.92. The number of anilines is 1. The van der Waals surface area contributed by atoms with Gasteiger partial charge in [-0.25, -0.2) is 4.79 Å². The summed E-state index contributed by atoms with van der Waals surface area (Å²) in [7, 11) is 1.77. The van der Waals surface area contributed by atoms with Crippen LogP contribution in [-0.4, -0.2) is 46.7 Å². The number of β-amino-alcohol motifs (C(OH)–C–C–N with tert-alkyl or cyclic N) is 1. The predicted molar refractivity (Wildman–Crippen MR) is 69.7 cm³/mol. The first-order valence-corrected chi connectivity index (χ1v) is 6.66. The molecule has 18 heavy (non-hydrogen) atoms. The quantitative estimate of drug-likeness (QED) is 0.840. The molecule has 2 heterocycles. The van der Waals surface area contributed by atoms with Crippen molar-refractivity contribution in [2.24, 2.45) is 7.05 Å². The zero-order valence-electron chi connectivity index (χ0n) is 10.4. The first-order chi connectivity index (χ1) is 8.54. The minimum atomic E-state index is -0.395. The second kappa shape index (κ2) is 5.27. The summed E-state index contributed by atoms with van der Waals surface area (Å²) in [6.45, 7) is 3.31. The number of ether oxygens (including phenoxy) is 1. The van der Waals surface area contributed by atoms with Crippen molar-refractivity contribution >= 4 is 27.7 Å². The maximum Gasteiger partial charge on any atom is 0.344 e. The van der Waals surface area contributed by atoms with E-state index in [0.717, 1.165) is 0 Å². The lowest BCUT2D eigenvalue weighted by atomic mass is 10.3. The van der Waals surface area contributed by atoms with E-state index in [-0.39, 0.29) is 6.10 Å². The number of carbonyl (C=O) groups excluding carboxylic acids is 1. The number of aryl methyl sites for hydroxylation is 1. The molecule has 1 atom stereocenters. The molecule has 1 fully saturated rings. The van der Waals surface area contributed by atoms with Crippen molar-refractivity contribution < 1.29 is 14.6 Å². The van der Waals surface area contributed by atoms with Gasteiger partial charge in [-0.3, -0.25) is 4.68 Å². The molecule has 1 aromatic heterocycles. The van der Waals surface area contributed by atoms with E-state index in [1.165, 1.54) is 0 Å². The topological polar surface area (TPSA) is 67.6 Å². The van der Waals surface area contributed by atoms with Crippen LogP contribution in [0, 0.1) is 0 Å². The number of hydrogen-bond donors (Lipinski definition) is 1. The Labute approximate surface area is 114 Å². The number of halogens is 1. The molecule has 2 rings (SSSR count). The van der Waals surface area contributed by atoms with Gasteiger partial charge in [0.2, 0.25) is 0 Å². The van der Waals surface area contributed by atoms with Crippen LogP contribution >= 0.6 is 15.9 Å². The number of esters is 1. The second-order valence-electron chi connectivity index (χ2n) is 4.22. The van der Waals surface area contributed by atoms with Crippen LogP contribution in [0.4, 0.5) is 5.82 Å². The minimum absolute atomic E-state index is 0.322. The number of aliphatic hydroxyl groups is 1. The zero-order valence-corrected chi connectivity index (χ0v) is 12.0. The van der Waals surface area contributed by atoms with Gasteiger partial charge >= 0.3 is 5.97 Å². The molecule has 0 amide bonds. The Balaban J connectivity index is 2.36. The van der Waals surface area contributed by atoms with Crippen molar-refractivity contribution in [1.82, 2.24) is 9.78 Å². The monoisotopic (exact) mass is 317 g/mol. The fourth-order valence-corrected chi connectivity index (χ4v) is 2.74. The lowest BCUT2D eigenvalue weighted by Crippen LogP contribution is -2.25. The first kappa shape index (κ1) is 13.4. The van der Waals surface area contributed by atoms with Crippen molar-refractivity contribution in [3.8, 4) is 0 Å². The van der Waals surface area contributed by atoms with E-state index >= 15 is 0 Å². The van der Waals surface area contributed by atoms with Crippen molar-refractivity contribution in [1.29, 1.82) is 0 Å². The lowest BCUT2D eigenvalue weighted by Gasteiger charge is -2.19. The molecular weight excluding hydrogens is 302 g/mol. The number of rotatable bonds is 3. The number of hydrogen-bond acceptors (Lipinski definition) is 5. The largest absolute Gasteiger partial charge is 0.462 e. The first-order valence-electron chi connectivity index (χ1n) is 5.87. The van der Waals surface area contributed by atoms with Gasteiger partial charge in [0.15, 0.2) is 0 Å². The van der Waals surface area contributed by atoms with Crippen LogP contribution in [-0.2, 0) is 11.8 Å². The number of aliphatic hydroxyl groups excluding tert-OH is 1. The molecule has 1 aromatic rings. The van der Waals surface area contributed by atoms with Crippen LogP contribution in [0.25, 0.3) is 0 Å². The predicted octanol–water partition coefficient (Wildman–Crippen LogP) is 0.930. The van der Waals surface area contributed by atoms with E-state index in [9.17, 15) is 9.90 Å². The minimum Gasteiger partial charge on any atom is -0.462 e. The average molecular weight is 318 g/mol. The van der Waals surface area contributed by atoms with Crippen LogP contribution < -0.4 is 4.90 Å². The molecule has 1 aliphatic rings. The van der Waals surface area contributed by atoms with Gasteiger partial charge in [-0.05, 0) is 29.3 Å². The van der Waals surface area contributed by atoms with Crippen LogP contribution in [0.15, 0.2) is 4.60 Å². The second-order valence-corrected chi connectivity index (χ2v) is 4.97. The molecular formula is C11H16BrN3O3. The van der Waals surface area contributed by atoms with Gasteiger partial charge in [-0.2, -0.15) is 5.10 Å². The van der Waals surface area contributed by atoms with Gasteiger partial charge in [-0.1, -0.05) is 0 Å². The van der Waals surface area contributed by atoms with E-state index in [1.54, 1.807) is 18.7 Å². The molecule has 0 spiro atoms. The highest BCUT2D eigenvalue weighted by Crippen LogP contribution is 2.30. The van der Waals surface area contributed by atoms with Gasteiger partial charge in [-0.15, -0.1) is 0 Å². The third-order valence-corrected chi connectivity index (χ3v) is 3.47. The highest BCUT2D eigenvalue weighted by molar-refractivity contribution is 9.10. The summed E-state index contributed by atoms with van der Waals surface area (Å²) in [4.78, 5) is 13.9. The van der Waals surface area contributed by atoms with Crippen molar-refractivity contribution in [2.45, 2.75) is 19.4 Å². The Hall–Kier alpha value is -1.08. The van der Waals surface area contributed by atoms with Crippen molar-refractivity contribution in [3.63, 3.8) is 0 Å². The smallest absolute Gasteiger partial charge is 0.344 e. The molecule has 1 N–H and O–H groups in total. The van der Waals surface area contributed by atoms with Crippen molar-refractivity contribution in [2.75, 3.05) is 24.6 Å². The van der Waals surface area contributed by atoms with Gasteiger partial charge in [0.25, 0.3) is 0 Å². The maximum atomic E-state index is 11.9. The van der Waals surface area contributed by atoms with Crippen LogP contribution in [0.2, 0.25) is 0 Å². The fraction of sp³-hybridized carbons (Fsp3) is 0.636. The Morgan fingerprint density at radius 2 is 2.39 bits per heavy atom. The molecule has 0 aliphatic carbocycles. The SMILES string of the molecule is CCOC(=O)c1c(Br)nn(C)c1N1CC[C@@H](O)C1. The van der Waals surface area contributed by atoms with Crippen LogP contribution in [0.1, 0.15) is 23.7 Å². The summed E-state index contributed by atoms with van der Waals surface area (Å²) in [5, 5.41) is 13.8. The molecule has 7 heteroatoms. The third kappa shape index (κ3) is 2.37.